The Bertz CT molecular complexity index is 800. The van der Waals surface area contributed by atoms with E-state index in [4.69, 9.17) is 10.2 Å². The van der Waals surface area contributed by atoms with Crippen LogP contribution in [0.2, 0.25) is 0 Å². The van der Waals surface area contributed by atoms with Crippen molar-refractivity contribution in [1.82, 2.24) is 0 Å². The second-order valence-corrected chi connectivity index (χ2v) is 5.55. The number of furan rings is 1. The molecule has 0 saturated carbocycles. The van der Waals surface area contributed by atoms with Gasteiger partial charge < -0.3 is 10.2 Å². The maximum atomic E-state index is 12.7. The topological polar surface area (TPSA) is 56.2 Å². The van der Waals surface area contributed by atoms with Crippen LogP contribution in [0.3, 0.4) is 0 Å². The number of rotatable bonds is 3. The first-order valence-corrected chi connectivity index (χ1v) is 6.88. The van der Waals surface area contributed by atoms with E-state index in [1.807, 2.05) is 55.5 Å². The standard InChI is InChI=1S/C18H17NO2/c1-12-8-9-15-13(10-12)11-16(21-15)17(20)18(2,19)14-6-4-3-5-7-14/h3-11H,19H2,1-2H3. The van der Waals surface area contributed by atoms with Crippen molar-refractivity contribution in [3.8, 4) is 0 Å². The van der Waals surface area contributed by atoms with Crippen LogP contribution in [0, 0.1) is 6.92 Å². The Balaban J connectivity index is 2.03. The lowest BCUT2D eigenvalue weighted by Gasteiger charge is -2.22. The van der Waals surface area contributed by atoms with Crippen molar-refractivity contribution in [2.45, 2.75) is 19.4 Å². The number of hydrogen-bond acceptors (Lipinski definition) is 3. The number of hydrogen-bond donors (Lipinski definition) is 1. The Morgan fingerprint density at radius 1 is 1.10 bits per heavy atom. The summed E-state index contributed by atoms with van der Waals surface area (Å²) in [5.41, 5.74) is 7.75. The summed E-state index contributed by atoms with van der Waals surface area (Å²) in [6.07, 6.45) is 0. The highest BCUT2D eigenvalue weighted by atomic mass is 16.3. The molecule has 0 radical (unpaired) electrons. The predicted octanol–water partition coefficient (Wildman–Crippen LogP) is 3.80. The van der Waals surface area contributed by atoms with E-state index in [-0.39, 0.29) is 5.78 Å². The highest BCUT2D eigenvalue weighted by Crippen LogP contribution is 2.27. The van der Waals surface area contributed by atoms with Gasteiger partial charge in [0.05, 0.1) is 0 Å². The van der Waals surface area contributed by atoms with Gasteiger partial charge in [-0.3, -0.25) is 4.79 Å². The summed E-state index contributed by atoms with van der Waals surface area (Å²) < 4.78 is 5.66. The number of Topliss-reactive ketones (excluding diaryl/α,β-unsaturated/α-hetero) is 1. The van der Waals surface area contributed by atoms with Gasteiger partial charge in [-0.15, -0.1) is 0 Å². The third-order valence-electron chi connectivity index (χ3n) is 3.74. The molecule has 0 aliphatic rings. The highest BCUT2D eigenvalue weighted by Gasteiger charge is 2.33. The first kappa shape index (κ1) is 13.6. The van der Waals surface area contributed by atoms with Crippen LogP contribution in [0.25, 0.3) is 11.0 Å². The van der Waals surface area contributed by atoms with Crippen LogP contribution in [0.1, 0.15) is 28.6 Å². The average Bonchev–Trinajstić information content (AvgIpc) is 2.90. The summed E-state index contributed by atoms with van der Waals surface area (Å²) in [5, 5.41) is 0.919. The maximum absolute atomic E-state index is 12.7. The van der Waals surface area contributed by atoms with Crippen LogP contribution in [0.5, 0.6) is 0 Å². The zero-order valence-corrected chi connectivity index (χ0v) is 12.1. The van der Waals surface area contributed by atoms with Crippen LogP contribution in [-0.2, 0) is 5.54 Å². The van der Waals surface area contributed by atoms with Crippen LogP contribution >= 0.6 is 0 Å². The molecular formula is C18H17NO2. The third kappa shape index (κ3) is 2.36. The first-order chi connectivity index (χ1) is 9.98. The molecule has 3 rings (SSSR count). The quantitative estimate of drug-likeness (QED) is 0.742. The fourth-order valence-electron chi connectivity index (χ4n) is 2.45. The number of fused-ring (bicyclic) bond motifs is 1. The van der Waals surface area contributed by atoms with Gasteiger partial charge in [-0.1, -0.05) is 42.0 Å². The molecule has 1 aromatic heterocycles. The van der Waals surface area contributed by atoms with E-state index in [2.05, 4.69) is 0 Å². The summed E-state index contributed by atoms with van der Waals surface area (Å²) in [4.78, 5) is 12.7. The molecule has 3 aromatic rings. The Morgan fingerprint density at radius 2 is 1.81 bits per heavy atom. The van der Waals surface area contributed by atoms with E-state index in [1.54, 1.807) is 13.0 Å². The Hall–Kier alpha value is -2.39. The van der Waals surface area contributed by atoms with Crippen molar-refractivity contribution >= 4 is 16.8 Å². The van der Waals surface area contributed by atoms with E-state index in [1.165, 1.54) is 0 Å². The van der Waals surface area contributed by atoms with Gasteiger partial charge >= 0.3 is 0 Å². The van der Waals surface area contributed by atoms with Gasteiger partial charge in [0.15, 0.2) is 5.76 Å². The summed E-state index contributed by atoms with van der Waals surface area (Å²) >= 11 is 0. The first-order valence-electron chi connectivity index (χ1n) is 6.88. The third-order valence-corrected chi connectivity index (χ3v) is 3.74. The minimum absolute atomic E-state index is 0.220. The van der Waals surface area contributed by atoms with Crippen molar-refractivity contribution in [1.29, 1.82) is 0 Å². The van der Waals surface area contributed by atoms with Gasteiger partial charge in [-0.2, -0.15) is 0 Å². The largest absolute Gasteiger partial charge is 0.453 e. The summed E-state index contributed by atoms with van der Waals surface area (Å²) in [6, 6.07) is 16.9. The Morgan fingerprint density at radius 3 is 2.52 bits per heavy atom. The van der Waals surface area contributed by atoms with E-state index in [0.717, 1.165) is 16.5 Å². The Labute approximate surface area is 123 Å². The lowest BCUT2D eigenvalue weighted by atomic mass is 9.87. The van der Waals surface area contributed by atoms with Crippen molar-refractivity contribution in [3.63, 3.8) is 0 Å². The monoisotopic (exact) mass is 279 g/mol. The van der Waals surface area contributed by atoms with Crippen molar-refractivity contribution in [2.75, 3.05) is 0 Å². The molecule has 0 bridgehead atoms. The molecule has 0 aliphatic carbocycles. The molecule has 3 nitrogen and oxygen atoms in total. The number of ketones is 1. The minimum atomic E-state index is -1.11. The molecule has 3 heteroatoms. The zero-order valence-electron chi connectivity index (χ0n) is 12.1. The molecule has 0 aliphatic heterocycles. The van der Waals surface area contributed by atoms with E-state index in [0.29, 0.717) is 11.3 Å². The molecule has 106 valence electrons. The minimum Gasteiger partial charge on any atom is -0.453 e. The highest BCUT2D eigenvalue weighted by molar-refractivity contribution is 6.03. The van der Waals surface area contributed by atoms with Gasteiger partial charge in [0, 0.05) is 5.39 Å². The molecule has 1 atom stereocenters. The van der Waals surface area contributed by atoms with Gasteiger partial charge in [0.2, 0.25) is 5.78 Å². The fourth-order valence-corrected chi connectivity index (χ4v) is 2.45. The summed E-state index contributed by atoms with van der Waals surface area (Å²) in [5.74, 6) is 0.0759. The second-order valence-electron chi connectivity index (χ2n) is 5.55. The zero-order chi connectivity index (χ0) is 15.0. The molecule has 0 fully saturated rings. The lowest BCUT2D eigenvalue weighted by Crippen LogP contribution is -2.41. The average molecular weight is 279 g/mol. The SMILES string of the molecule is Cc1ccc2oc(C(=O)C(C)(N)c3ccccc3)cc2c1. The molecular weight excluding hydrogens is 262 g/mol. The Kier molecular flexibility index (Phi) is 3.15. The predicted molar refractivity (Wildman–Crippen MR) is 83.3 cm³/mol. The van der Waals surface area contributed by atoms with Gasteiger partial charge in [0.1, 0.15) is 11.1 Å². The second kappa shape index (κ2) is 4.86. The number of benzene rings is 2. The normalized spacial score (nSPS) is 14.0. The fraction of sp³-hybridized carbons (Fsp3) is 0.167. The maximum Gasteiger partial charge on any atom is 0.221 e. The van der Waals surface area contributed by atoms with Crippen LogP contribution in [0.4, 0.5) is 0 Å². The summed E-state index contributed by atoms with van der Waals surface area (Å²) in [6.45, 7) is 3.72. The van der Waals surface area contributed by atoms with E-state index >= 15 is 0 Å². The van der Waals surface area contributed by atoms with Crippen molar-refractivity contribution in [2.24, 2.45) is 5.73 Å². The van der Waals surface area contributed by atoms with Crippen LogP contribution < -0.4 is 5.73 Å². The molecule has 0 amide bonds. The number of nitrogens with two attached hydrogens (primary N) is 1. The van der Waals surface area contributed by atoms with Crippen LogP contribution in [-0.4, -0.2) is 5.78 Å². The number of carbonyl (C=O) groups is 1. The molecule has 21 heavy (non-hydrogen) atoms. The van der Waals surface area contributed by atoms with Gasteiger partial charge in [0.25, 0.3) is 0 Å². The molecule has 2 aromatic carbocycles. The van der Waals surface area contributed by atoms with Gasteiger partial charge in [-0.05, 0) is 37.6 Å². The van der Waals surface area contributed by atoms with Gasteiger partial charge in [-0.25, -0.2) is 0 Å². The van der Waals surface area contributed by atoms with E-state index in [9.17, 15) is 4.79 Å². The van der Waals surface area contributed by atoms with Crippen LogP contribution in [0.15, 0.2) is 59.0 Å². The number of carbonyl (C=O) groups excluding carboxylic acids is 1. The summed E-state index contributed by atoms with van der Waals surface area (Å²) in [7, 11) is 0. The van der Waals surface area contributed by atoms with E-state index < -0.39 is 5.54 Å². The lowest BCUT2D eigenvalue weighted by molar-refractivity contribution is 0.0873. The molecule has 1 heterocycles. The molecule has 1 unspecified atom stereocenters. The molecule has 0 spiro atoms. The molecule has 2 N–H and O–H groups in total. The van der Waals surface area contributed by atoms with Crippen molar-refractivity contribution in [3.05, 3.63) is 71.5 Å². The number of aryl methyl sites for hydroxylation is 1. The molecule has 0 saturated heterocycles. The smallest absolute Gasteiger partial charge is 0.221 e. The van der Waals surface area contributed by atoms with Crippen molar-refractivity contribution < 1.29 is 9.21 Å².